The molecule has 2 aromatic rings. The number of hydrogen-bond donors (Lipinski definition) is 3. The molecule has 1 atom stereocenters. The fourth-order valence-corrected chi connectivity index (χ4v) is 3.07. The van der Waals surface area contributed by atoms with E-state index in [1.54, 1.807) is 24.4 Å². The fraction of sp³-hybridized carbons (Fsp3) is 0.167. The predicted octanol–water partition coefficient (Wildman–Crippen LogP) is 1.89. The highest BCUT2D eigenvalue weighted by atomic mass is 32.2. The first-order valence-corrected chi connectivity index (χ1v) is 6.52. The van der Waals surface area contributed by atoms with E-state index in [-0.39, 0.29) is 16.9 Å². The van der Waals surface area contributed by atoms with Gasteiger partial charge in [-0.15, -0.1) is 11.8 Å². The Balaban J connectivity index is 2.05. The van der Waals surface area contributed by atoms with Crippen molar-refractivity contribution in [1.29, 1.82) is 0 Å². The lowest BCUT2D eigenvalue weighted by Crippen LogP contribution is -2.12. The van der Waals surface area contributed by atoms with E-state index >= 15 is 0 Å². The third-order valence-electron chi connectivity index (χ3n) is 2.77. The summed E-state index contributed by atoms with van der Waals surface area (Å²) in [5.41, 5.74) is 1.88. The lowest BCUT2D eigenvalue weighted by Gasteiger charge is -2.13. The summed E-state index contributed by atoms with van der Waals surface area (Å²) in [5.74, 6) is 1.19. The quantitative estimate of drug-likeness (QED) is 0.732. The normalized spacial score (nSPS) is 18.9. The summed E-state index contributed by atoms with van der Waals surface area (Å²) in [6, 6.07) is 7.07. The highest BCUT2D eigenvalue weighted by Gasteiger charge is 2.25. The number of nitrogens with one attached hydrogen (secondary N) is 2. The van der Waals surface area contributed by atoms with Gasteiger partial charge < -0.3 is 10.4 Å². The Morgan fingerprint density at radius 2 is 2.33 bits per heavy atom. The van der Waals surface area contributed by atoms with E-state index < -0.39 is 0 Å². The number of rotatable bonds is 1. The first-order valence-electron chi connectivity index (χ1n) is 5.47. The highest BCUT2D eigenvalue weighted by Crippen LogP contribution is 2.41. The summed E-state index contributed by atoms with van der Waals surface area (Å²) in [6.45, 7) is 0. The molecule has 1 amide bonds. The number of H-pyrrole nitrogens is 1. The van der Waals surface area contributed by atoms with Crippen LogP contribution < -0.4 is 5.32 Å². The number of aromatic amines is 1. The second kappa shape index (κ2) is 4.38. The van der Waals surface area contributed by atoms with Crippen LogP contribution in [0.4, 0.5) is 5.82 Å². The van der Waals surface area contributed by atoms with Gasteiger partial charge in [0.25, 0.3) is 0 Å². The Hall–Kier alpha value is -1.95. The molecule has 1 unspecified atom stereocenters. The van der Waals surface area contributed by atoms with Gasteiger partial charge in [-0.2, -0.15) is 5.10 Å². The maximum Gasteiger partial charge on any atom is 0.235 e. The van der Waals surface area contributed by atoms with Crippen molar-refractivity contribution in [1.82, 2.24) is 10.2 Å². The molecule has 3 N–H and O–H groups in total. The summed E-state index contributed by atoms with van der Waals surface area (Å²) in [6.07, 6.45) is 1.71. The number of carbonyl (C=O) groups is 1. The molecule has 92 valence electrons. The predicted molar refractivity (Wildman–Crippen MR) is 69.6 cm³/mol. The van der Waals surface area contributed by atoms with Crippen molar-refractivity contribution in [3.63, 3.8) is 0 Å². The number of benzene rings is 1. The van der Waals surface area contributed by atoms with Crippen molar-refractivity contribution in [3.05, 3.63) is 41.6 Å². The molecule has 5 nitrogen and oxygen atoms in total. The number of carbonyl (C=O) groups excluding carboxylic acids is 1. The molecular formula is C12H11N3O2S. The minimum Gasteiger partial charge on any atom is -0.508 e. The van der Waals surface area contributed by atoms with Crippen molar-refractivity contribution in [2.75, 3.05) is 11.1 Å². The van der Waals surface area contributed by atoms with Crippen molar-refractivity contribution in [2.45, 2.75) is 5.25 Å². The van der Waals surface area contributed by atoms with Crippen LogP contribution in [0, 0.1) is 0 Å². The molecule has 0 spiro atoms. The molecule has 1 aliphatic rings. The molecule has 1 aromatic heterocycles. The Morgan fingerprint density at radius 3 is 3.17 bits per heavy atom. The van der Waals surface area contributed by atoms with Crippen LogP contribution in [0.5, 0.6) is 5.75 Å². The molecule has 2 heterocycles. The second-order valence-electron chi connectivity index (χ2n) is 4.03. The van der Waals surface area contributed by atoms with E-state index in [1.165, 1.54) is 11.8 Å². The number of aromatic hydroxyl groups is 1. The average Bonchev–Trinajstić information content (AvgIpc) is 2.72. The average molecular weight is 261 g/mol. The zero-order valence-electron chi connectivity index (χ0n) is 9.38. The van der Waals surface area contributed by atoms with Gasteiger partial charge in [0.2, 0.25) is 5.91 Å². The lowest BCUT2D eigenvalue weighted by atomic mass is 10.1. The molecule has 1 aliphatic heterocycles. The zero-order valence-corrected chi connectivity index (χ0v) is 10.2. The Kier molecular flexibility index (Phi) is 2.71. The van der Waals surface area contributed by atoms with E-state index in [2.05, 4.69) is 15.5 Å². The van der Waals surface area contributed by atoms with Crippen molar-refractivity contribution >= 4 is 23.5 Å². The molecule has 18 heavy (non-hydrogen) atoms. The fourth-order valence-electron chi connectivity index (χ4n) is 1.98. The molecule has 0 aliphatic carbocycles. The number of thioether (sulfide) groups is 1. The molecule has 0 saturated carbocycles. The summed E-state index contributed by atoms with van der Waals surface area (Å²) in [5, 5.41) is 19.1. The van der Waals surface area contributed by atoms with Gasteiger partial charge in [-0.25, -0.2) is 0 Å². The first kappa shape index (κ1) is 11.2. The molecule has 0 bridgehead atoms. The minimum absolute atomic E-state index is 0.00944. The number of nitrogens with zero attached hydrogens (tertiary/aromatic N) is 1. The van der Waals surface area contributed by atoms with E-state index in [9.17, 15) is 9.90 Å². The highest BCUT2D eigenvalue weighted by molar-refractivity contribution is 8.00. The van der Waals surface area contributed by atoms with Crippen molar-refractivity contribution < 1.29 is 9.90 Å². The van der Waals surface area contributed by atoms with Crippen LogP contribution in [0.2, 0.25) is 0 Å². The van der Waals surface area contributed by atoms with Crippen LogP contribution in [0.3, 0.4) is 0 Å². The number of phenolic OH excluding ortho intramolecular Hbond substituents is 1. The SMILES string of the molecule is O=C1CSC(c2cccc(O)c2)c2cn[nH]c2N1. The van der Waals surface area contributed by atoms with Crippen LogP contribution in [0.25, 0.3) is 0 Å². The molecular weight excluding hydrogens is 250 g/mol. The van der Waals surface area contributed by atoms with E-state index in [0.29, 0.717) is 11.6 Å². The Bertz CT molecular complexity index is 597. The van der Waals surface area contributed by atoms with E-state index in [4.69, 9.17) is 0 Å². The molecule has 0 fully saturated rings. The maximum absolute atomic E-state index is 11.6. The van der Waals surface area contributed by atoms with Gasteiger partial charge in [-0.05, 0) is 17.7 Å². The lowest BCUT2D eigenvalue weighted by molar-refractivity contribution is -0.113. The third-order valence-corrected chi connectivity index (χ3v) is 4.06. The monoisotopic (exact) mass is 261 g/mol. The number of aromatic nitrogens is 2. The second-order valence-corrected chi connectivity index (χ2v) is 5.13. The van der Waals surface area contributed by atoms with E-state index in [1.807, 2.05) is 6.07 Å². The number of anilines is 1. The van der Waals surface area contributed by atoms with Gasteiger partial charge in [0.1, 0.15) is 11.6 Å². The Morgan fingerprint density at radius 1 is 1.44 bits per heavy atom. The summed E-state index contributed by atoms with van der Waals surface area (Å²) in [4.78, 5) is 11.6. The molecule has 0 radical (unpaired) electrons. The first-order chi connectivity index (χ1) is 8.74. The topological polar surface area (TPSA) is 78.0 Å². The number of phenols is 1. The summed E-state index contributed by atoms with van der Waals surface area (Å²) < 4.78 is 0. The van der Waals surface area contributed by atoms with Gasteiger partial charge in [-0.3, -0.25) is 9.89 Å². The van der Waals surface area contributed by atoms with Crippen LogP contribution in [-0.2, 0) is 4.79 Å². The molecule has 0 saturated heterocycles. The van der Waals surface area contributed by atoms with Crippen LogP contribution in [0.1, 0.15) is 16.4 Å². The minimum atomic E-state index is -0.0480. The van der Waals surface area contributed by atoms with Gasteiger partial charge in [0.15, 0.2) is 0 Å². The number of amides is 1. The van der Waals surface area contributed by atoms with Gasteiger partial charge in [-0.1, -0.05) is 12.1 Å². The van der Waals surface area contributed by atoms with Gasteiger partial charge in [0, 0.05) is 5.56 Å². The van der Waals surface area contributed by atoms with Gasteiger partial charge in [0.05, 0.1) is 17.2 Å². The van der Waals surface area contributed by atoms with Crippen LogP contribution >= 0.6 is 11.8 Å². The van der Waals surface area contributed by atoms with Gasteiger partial charge >= 0.3 is 0 Å². The molecule has 1 aromatic carbocycles. The molecule has 3 rings (SSSR count). The zero-order chi connectivity index (χ0) is 12.5. The standard InChI is InChI=1S/C12H11N3O2S/c16-8-3-1-2-7(4-8)11-9-5-13-15-12(9)14-10(17)6-18-11/h1-5,11,16H,6H2,(H2,13,14,15,17). The molecule has 6 heteroatoms. The van der Waals surface area contributed by atoms with Crippen molar-refractivity contribution in [3.8, 4) is 5.75 Å². The smallest absolute Gasteiger partial charge is 0.235 e. The summed E-state index contributed by atoms with van der Waals surface area (Å²) in [7, 11) is 0. The number of fused-ring (bicyclic) bond motifs is 1. The summed E-state index contributed by atoms with van der Waals surface area (Å²) >= 11 is 1.52. The van der Waals surface area contributed by atoms with Crippen LogP contribution in [0.15, 0.2) is 30.5 Å². The van der Waals surface area contributed by atoms with Crippen molar-refractivity contribution in [2.24, 2.45) is 0 Å². The third kappa shape index (κ3) is 1.95. The Labute approximate surface area is 108 Å². The van der Waals surface area contributed by atoms with Crippen LogP contribution in [-0.4, -0.2) is 27.0 Å². The number of hydrogen-bond acceptors (Lipinski definition) is 4. The van der Waals surface area contributed by atoms with E-state index in [0.717, 1.165) is 11.1 Å². The maximum atomic E-state index is 11.6. The largest absolute Gasteiger partial charge is 0.508 e.